The van der Waals surface area contributed by atoms with Crippen LogP contribution >= 0.6 is 13.5 Å². The van der Waals surface area contributed by atoms with E-state index in [1.165, 1.54) is 0 Å². The Morgan fingerprint density at radius 2 is 2.20 bits per heavy atom. The number of carboxylic acid groups (broad SMARTS) is 1. The maximum Gasteiger partial charge on any atom is 0.320 e. The van der Waals surface area contributed by atoms with E-state index in [0.29, 0.717) is 6.42 Å². The fraction of sp³-hybridized carbons (Fsp3) is 0.833. The lowest BCUT2D eigenvalue weighted by atomic mass is 10.2. The van der Waals surface area contributed by atoms with Crippen molar-refractivity contribution in [2.24, 2.45) is 0 Å². The first kappa shape index (κ1) is 12.5. The molecule has 0 saturated carbocycles. The van der Waals surface area contributed by atoms with Crippen LogP contribution in [0.1, 0.15) is 19.8 Å². The minimum Gasteiger partial charge on any atom is -0.480 e. The number of aliphatic carboxylic acids is 1. The van der Waals surface area contributed by atoms with Gasteiger partial charge < -0.3 is 10.4 Å². The molecule has 0 aromatic heterocycles. The van der Waals surface area contributed by atoms with E-state index in [2.05, 4.69) is 5.32 Å². The molecule has 4 heteroatoms. The van der Waals surface area contributed by atoms with Crippen molar-refractivity contribution in [1.82, 2.24) is 5.32 Å². The smallest absolute Gasteiger partial charge is 0.320 e. The normalized spacial score (nSPS) is 11.8. The SMILES string of the molecule is CCC[C@H](NC)C(=O)O.S. The van der Waals surface area contributed by atoms with E-state index in [1.807, 2.05) is 6.92 Å². The maximum atomic E-state index is 10.3. The van der Waals surface area contributed by atoms with Gasteiger partial charge in [0.25, 0.3) is 0 Å². The third-order valence-corrected chi connectivity index (χ3v) is 1.22. The lowest BCUT2D eigenvalue weighted by molar-refractivity contribution is -0.139. The molecule has 0 bridgehead atoms. The van der Waals surface area contributed by atoms with Gasteiger partial charge in [0.2, 0.25) is 0 Å². The van der Waals surface area contributed by atoms with Crippen LogP contribution in [-0.4, -0.2) is 24.2 Å². The molecule has 2 N–H and O–H groups in total. The first-order chi connectivity index (χ1) is 4.22. The molecule has 0 unspecified atom stereocenters. The topological polar surface area (TPSA) is 49.3 Å². The molecule has 0 spiro atoms. The van der Waals surface area contributed by atoms with Crippen molar-refractivity contribution in [1.29, 1.82) is 0 Å². The highest BCUT2D eigenvalue weighted by molar-refractivity contribution is 7.59. The third-order valence-electron chi connectivity index (χ3n) is 1.22. The maximum absolute atomic E-state index is 10.3. The fourth-order valence-electron chi connectivity index (χ4n) is 0.680. The number of rotatable bonds is 4. The minimum absolute atomic E-state index is 0. The molecule has 0 rings (SSSR count). The molecule has 0 saturated heterocycles. The Morgan fingerprint density at radius 3 is 2.30 bits per heavy atom. The summed E-state index contributed by atoms with van der Waals surface area (Å²) in [6.07, 6.45) is 1.60. The zero-order chi connectivity index (χ0) is 7.28. The lowest BCUT2D eigenvalue weighted by Gasteiger charge is -2.07. The lowest BCUT2D eigenvalue weighted by Crippen LogP contribution is -2.33. The Labute approximate surface area is 68.3 Å². The molecule has 0 fully saturated rings. The molecule has 3 nitrogen and oxygen atoms in total. The second-order valence-electron chi connectivity index (χ2n) is 1.97. The Morgan fingerprint density at radius 1 is 1.70 bits per heavy atom. The third kappa shape index (κ3) is 4.64. The number of nitrogens with one attached hydrogen (secondary N) is 1. The molecule has 0 aliphatic rings. The number of likely N-dealkylation sites (N-methyl/N-ethyl adjacent to an activating group) is 1. The molecule has 10 heavy (non-hydrogen) atoms. The van der Waals surface area contributed by atoms with E-state index < -0.39 is 5.97 Å². The predicted molar refractivity (Wildman–Crippen MR) is 45.8 cm³/mol. The number of hydrogen-bond donors (Lipinski definition) is 2. The second-order valence-corrected chi connectivity index (χ2v) is 1.97. The average molecular weight is 165 g/mol. The van der Waals surface area contributed by atoms with Crippen LogP contribution in [0.5, 0.6) is 0 Å². The van der Waals surface area contributed by atoms with Gasteiger partial charge in [0.1, 0.15) is 6.04 Å². The average Bonchev–Trinajstić information content (AvgIpc) is 1.82. The number of carbonyl (C=O) groups is 1. The molecular formula is C6H15NO2S. The van der Waals surface area contributed by atoms with Gasteiger partial charge in [0, 0.05) is 0 Å². The van der Waals surface area contributed by atoms with Crippen molar-refractivity contribution in [3.8, 4) is 0 Å². The van der Waals surface area contributed by atoms with Crippen LogP contribution in [0, 0.1) is 0 Å². The summed E-state index contributed by atoms with van der Waals surface area (Å²) in [5.41, 5.74) is 0. The summed E-state index contributed by atoms with van der Waals surface area (Å²) in [5.74, 6) is -0.764. The van der Waals surface area contributed by atoms with E-state index in [0.717, 1.165) is 6.42 Å². The van der Waals surface area contributed by atoms with Gasteiger partial charge in [-0.1, -0.05) is 13.3 Å². The van der Waals surface area contributed by atoms with Crippen LogP contribution in [0.3, 0.4) is 0 Å². The minimum atomic E-state index is -0.764. The van der Waals surface area contributed by atoms with Crippen molar-refractivity contribution < 1.29 is 9.90 Å². The van der Waals surface area contributed by atoms with Crippen molar-refractivity contribution in [2.75, 3.05) is 7.05 Å². The van der Waals surface area contributed by atoms with Gasteiger partial charge in [-0.3, -0.25) is 4.79 Å². The summed E-state index contributed by atoms with van der Waals surface area (Å²) >= 11 is 0. The van der Waals surface area contributed by atoms with Gasteiger partial charge in [-0.05, 0) is 13.5 Å². The van der Waals surface area contributed by atoms with Gasteiger partial charge in [-0.2, -0.15) is 13.5 Å². The van der Waals surface area contributed by atoms with Crippen molar-refractivity contribution in [3.63, 3.8) is 0 Å². The van der Waals surface area contributed by atoms with E-state index in [9.17, 15) is 4.79 Å². The molecule has 0 aliphatic heterocycles. The van der Waals surface area contributed by atoms with Crippen LogP contribution in [-0.2, 0) is 4.79 Å². The summed E-state index contributed by atoms with van der Waals surface area (Å²) in [6.45, 7) is 1.97. The Kier molecular flexibility index (Phi) is 8.59. The predicted octanol–water partition coefficient (Wildman–Crippen LogP) is 0.572. The highest BCUT2D eigenvalue weighted by Gasteiger charge is 2.11. The van der Waals surface area contributed by atoms with Crippen LogP contribution in [0.2, 0.25) is 0 Å². The van der Waals surface area contributed by atoms with Gasteiger partial charge in [-0.25, -0.2) is 0 Å². The zero-order valence-electron chi connectivity index (χ0n) is 6.35. The quantitative estimate of drug-likeness (QED) is 0.640. The van der Waals surface area contributed by atoms with E-state index in [-0.39, 0.29) is 19.5 Å². The van der Waals surface area contributed by atoms with E-state index >= 15 is 0 Å². The molecule has 0 aromatic carbocycles. The molecule has 0 amide bonds. The van der Waals surface area contributed by atoms with Gasteiger partial charge in [0.05, 0.1) is 0 Å². The standard InChI is InChI=1S/C6H13NO2.H2S/c1-3-4-5(7-2)6(8)9;/h5,7H,3-4H2,1-2H3,(H,8,9);1H2/t5-;/m0./s1. The van der Waals surface area contributed by atoms with Gasteiger partial charge in [-0.15, -0.1) is 0 Å². The molecule has 62 valence electrons. The highest BCUT2D eigenvalue weighted by Crippen LogP contribution is 1.94. The monoisotopic (exact) mass is 165 g/mol. The Hall–Kier alpha value is -0.220. The first-order valence-electron chi connectivity index (χ1n) is 3.12. The molecular weight excluding hydrogens is 150 g/mol. The fourth-order valence-corrected chi connectivity index (χ4v) is 0.680. The van der Waals surface area contributed by atoms with E-state index in [4.69, 9.17) is 5.11 Å². The summed E-state index contributed by atoms with van der Waals surface area (Å²) in [5, 5.41) is 11.1. The summed E-state index contributed by atoms with van der Waals surface area (Å²) in [7, 11) is 1.66. The van der Waals surface area contributed by atoms with Crippen LogP contribution in [0.15, 0.2) is 0 Å². The van der Waals surface area contributed by atoms with Crippen LogP contribution < -0.4 is 5.32 Å². The molecule has 0 aliphatic carbocycles. The molecule has 1 atom stereocenters. The highest BCUT2D eigenvalue weighted by atomic mass is 32.1. The first-order valence-corrected chi connectivity index (χ1v) is 3.12. The molecule has 0 radical (unpaired) electrons. The summed E-state index contributed by atoms with van der Waals surface area (Å²) < 4.78 is 0. The van der Waals surface area contributed by atoms with Crippen molar-refractivity contribution in [2.45, 2.75) is 25.8 Å². The summed E-state index contributed by atoms with van der Waals surface area (Å²) in [6, 6.07) is -0.366. The second kappa shape index (κ2) is 6.89. The number of hydrogen-bond acceptors (Lipinski definition) is 2. The van der Waals surface area contributed by atoms with E-state index in [1.54, 1.807) is 7.05 Å². The summed E-state index contributed by atoms with van der Waals surface area (Å²) in [4.78, 5) is 10.3. The largest absolute Gasteiger partial charge is 0.480 e. The van der Waals surface area contributed by atoms with Gasteiger partial charge >= 0.3 is 5.97 Å². The number of carboxylic acids is 1. The molecule has 0 heterocycles. The zero-order valence-corrected chi connectivity index (χ0v) is 7.35. The molecule has 0 aromatic rings. The van der Waals surface area contributed by atoms with Crippen LogP contribution in [0.4, 0.5) is 0 Å². The van der Waals surface area contributed by atoms with Crippen LogP contribution in [0.25, 0.3) is 0 Å². The van der Waals surface area contributed by atoms with Crippen molar-refractivity contribution in [3.05, 3.63) is 0 Å². The van der Waals surface area contributed by atoms with Crippen molar-refractivity contribution >= 4 is 19.5 Å². The Balaban J connectivity index is 0. The van der Waals surface area contributed by atoms with Gasteiger partial charge in [0.15, 0.2) is 0 Å². The Bertz CT molecular complexity index is 97.7.